The van der Waals surface area contributed by atoms with Crippen LogP contribution in [0.4, 0.5) is 11.6 Å². The average Bonchev–Trinajstić information content (AvgIpc) is 3.25. The third-order valence-corrected chi connectivity index (χ3v) is 5.67. The van der Waals surface area contributed by atoms with Crippen molar-refractivity contribution < 1.29 is 14.1 Å². The second-order valence-corrected chi connectivity index (χ2v) is 9.41. The summed E-state index contributed by atoms with van der Waals surface area (Å²) in [7, 11) is 0. The maximum absolute atomic E-state index is 12.4. The van der Waals surface area contributed by atoms with E-state index in [9.17, 15) is 4.79 Å². The van der Waals surface area contributed by atoms with E-state index in [1.807, 2.05) is 45.0 Å². The minimum atomic E-state index is -0.162. The fraction of sp³-hybridized carbons (Fsp3) is 0.400. The summed E-state index contributed by atoms with van der Waals surface area (Å²) in [6.45, 7) is 10.1. The number of nitrogens with one attached hydrogen (secondary N) is 1. The number of hydrogen-bond donors (Lipinski definition) is 2. The summed E-state index contributed by atoms with van der Waals surface area (Å²) in [6, 6.07) is 11.8. The summed E-state index contributed by atoms with van der Waals surface area (Å²) in [5.41, 5.74) is 9.92. The first-order chi connectivity index (χ1) is 15.8. The lowest BCUT2D eigenvalue weighted by molar-refractivity contribution is -0.115. The Bertz CT molecular complexity index is 1100. The van der Waals surface area contributed by atoms with Crippen LogP contribution in [-0.2, 0) is 27.9 Å². The minimum Gasteiger partial charge on any atom is -0.383 e. The van der Waals surface area contributed by atoms with Crippen molar-refractivity contribution in [3.8, 4) is 11.1 Å². The van der Waals surface area contributed by atoms with E-state index in [-0.39, 0.29) is 17.7 Å². The SMILES string of the molecule is CC(C)(C)c1cc(NC(=O)Cc2ccc(-c3cnc(N)c(CN4CCOCC4)c3)cc2)no1. The maximum atomic E-state index is 12.4. The number of aromatic nitrogens is 2. The zero-order valence-corrected chi connectivity index (χ0v) is 19.4. The first kappa shape index (κ1) is 22.9. The van der Waals surface area contributed by atoms with E-state index >= 15 is 0 Å². The third-order valence-electron chi connectivity index (χ3n) is 5.67. The van der Waals surface area contributed by atoms with Gasteiger partial charge in [-0.1, -0.05) is 50.2 Å². The second kappa shape index (κ2) is 9.72. The first-order valence-electron chi connectivity index (χ1n) is 11.2. The maximum Gasteiger partial charge on any atom is 0.230 e. The first-order valence-corrected chi connectivity index (χ1v) is 11.2. The van der Waals surface area contributed by atoms with Gasteiger partial charge in [-0.3, -0.25) is 9.69 Å². The summed E-state index contributed by atoms with van der Waals surface area (Å²) in [4.78, 5) is 19.2. The van der Waals surface area contributed by atoms with Crippen LogP contribution in [0.5, 0.6) is 0 Å². The van der Waals surface area contributed by atoms with Crippen LogP contribution >= 0.6 is 0 Å². The lowest BCUT2D eigenvalue weighted by Crippen LogP contribution is -2.35. The fourth-order valence-electron chi connectivity index (χ4n) is 3.68. The van der Waals surface area contributed by atoms with Crippen LogP contribution in [0, 0.1) is 0 Å². The number of anilines is 2. The van der Waals surface area contributed by atoms with Crippen LogP contribution in [0.15, 0.2) is 47.1 Å². The molecule has 8 nitrogen and oxygen atoms in total. The molecule has 1 amide bonds. The number of carbonyl (C=O) groups is 1. The summed E-state index contributed by atoms with van der Waals surface area (Å²) < 4.78 is 10.7. The molecule has 1 aliphatic heterocycles. The van der Waals surface area contributed by atoms with Gasteiger partial charge < -0.3 is 20.3 Å². The molecule has 8 heteroatoms. The number of benzene rings is 1. The number of rotatable bonds is 6. The molecule has 1 fully saturated rings. The van der Waals surface area contributed by atoms with Gasteiger partial charge in [-0.25, -0.2) is 4.98 Å². The Hall–Kier alpha value is -3.23. The average molecular weight is 450 g/mol. The molecule has 33 heavy (non-hydrogen) atoms. The van der Waals surface area contributed by atoms with Gasteiger partial charge in [0.15, 0.2) is 5.82 Å². The van der Waals surface area contributed by atoms with Gasteiger partial charge in [0.2, 0.25) is 5.91 Å². The van der Waals surface area contributed by atoms with Crippen LogP contribution < -0.4 is 11.1 Å². The highest BCUT2D eigenvalue weighted by atomic mass is 16.5. The molecule has 0 aliphatic carbocycles. The molecule has 4 rings (SSSR count). The topological polar surface area (TPSA) is 107 Å². The van der Waals surface area contributed by atoms with E-state index < -0.39 is 0 Å². The molecule has 0 saturated carbocycles. The van der Waals surface area contributed by atoms with Gasteiger partial charge in [-0.05, 0) is 17.2 Å². The molecular formula is C25H31N5O3. The molecule has 3 aromatic rings. The quantitative estimate of drug-likeness (QED) is 0.592. The lowest BCUT2D eigenvalue weighted by atomic mass is 9.93. The number of hydrogen-bond acceptors (Lipinski definition) is 7. The van der Waals surface area contributed by atoms with E-state index in [1.165, 1.54) is 0 Å². The van der Waals surface area contributed by atoms with Gasteiger partial charge in [0.05, 0.1) is 19.6 Å². The molecule has 2 aromatic heterocycles. The summed E-state index contributed by atoms with van der Waals surface area (Å²) in [5.74, 6) is 1.58. The number of pyridine rings is 1. The van der Waals surface area contributed by atoms with Crippen molar-refractivity contribution in [2.24, 2.45) is 0 Å². The second-order valence-electron chi connectivity index (χ2n) is 9.41. The lowest BCUT2D eigenvalue weighted by Gasteiger charge is -2.27. The highest BCUT2D eigenvalue weighted by Crippen LogP contribution is 2.25. The van der Waals surface area contributed by atoms with Crippen LogP contribution in [0.25, 0.3) is 11.1 Å². The Balaban J connectivity index is 1.39. The number of ether oxygens (including phenoxy) is 1. The van der Waals surface area contributed by atoms with Gasteiger partial charge >= 0.3 is 0 Å². The number of carbonyl (C=O) groups excluding carboxylic acids is 1. The number of morpholine rings is 1. The van der Waals surface area contributed by atoms with Crippen molar-refractivity contribution >= 4 is 17.5 Å². The van der Waals surface area contributed by atoms with Crippen molar-refractivity contribution in [3.05, 3.63) is 59.5 Å². The molecule has 0 bridgehead atoms. The monoisotopic (exact) mass is 449 g/mol. The van der Waals surface area contributed by atoms with Crippen LogP contribution in [0.3, 0.4) is 0 Å². The summed E-state index contributed by atoms with van der Waals surface area (Å²) in [6.07, 6.45) is 2.04. The van der Waals surface area contributed by atoms with Crippen molar-refractivity contribution in [1.29, 1.82) is 0 Å². The van der Waals surface area contributed by atoms with Gasteiger partial charge in [0.1, 0.15) is 11.6 Å². The van der Waals surface area contributed by atoms with Gasteiger partial charge in [0.25, 0.3) is 0 Å². The van der Waals surface area contributed by atoms with Gasteiger partial charge in [-0.2, -0.15) is 0 Å². The zero-order valence-electron chi connectivity index (χ0n) is 19.4. The minimum absolute atomic E-state index is 0.140. The molecule has 0 radical (unpaired) electrons. The van der Waals surface area contributed by atoms with Gasteiger partial charge in [0, 0.05) is 48.4 Å². The molecule has 174 valence electrons. The molecule has 1 aromatic carbocycles. The smallest absolute Gasteiger partial charge is 0.230 e. The molecule has 3 N–H and O–H groups in total. The highest BCUT2D eigenvalue weighted by Gasteiger charge is 2.20. The normalized spacial score (nSPS) is 14.9. The van der Waals surface area contributed by atoms with Crippen molar-refractivity contribution in [3.63, 3.8) is 0 Å². The third kappa shape index (κ3) is 5.97. The molecule has 0 atom stereocenters. The molecular weight excluding hydrogens is 418 g/mol. The van der Waals surface area contributed by atoms with Crippen molar-refractivity contribution in [1.82, 2.24) is 15.0 Å². The Kier molecular flexibility index (Phi) is 6.76. The number of nitrogen functional groups attached to an aromatic ring is 1. The molecule has 0 spiro atoms. The Labute approximate surface area is 194 Å². The number of amides is 1. The van der Waals surface area contributed by atoms with Crippen LogP contribution in [0.2, 0.25) is 0 Å². The van der Waals surface area contributed by atoms with Crippen molar-refractivity contribution in [2.45, 2.75) is 39.2 Å². The highest BCUT2D eigenvalue weighted by molar-refractivity contribution is 5.91. The molecule has 1 aliphatic rings. The summed E-state index contributed by atoms with van der Waals surface area (Å²) in [5, 5.41) is 6.74. The van der Waals surface area contributed by atoms with Gasteiger partial charge in [-0.15, -0.1) is 0 Å². The number of nitrogens with two attached hydrogens (primary N) is 1. The van der Waals surface area contributed by atoms with E-state index in [0.717, 1.165) is 60.9 Å². The van der Waals surface area contributed by atoms with E-state index in [2.05, 4.69) is 26.4 Å². The molecule has 3 heterocycles. The van der Waals surface area contributed by atoms with Crippen LogP contribution in [0.1, 0.15) is 37.7 Å². The van der Waals surface area contributed by atoms with E-state index in [0.29, 0.717) is 11.6 Å². The summed E-state index contributed by atoms with van der Waals surface area (Å²) >= 11 is 0. The van der Waals surface area contributed by atoms with E-state index in [4.69, 9.17) is 15.0 Å². The number of nitrogens with zero attached hydrogens (tertiary/aromatic N) is 3. The van der Waals surface area contributed by atoms with Crippen molar-refractivity contribution in [2.75, 3.05) is 37.4 Å². The zero-order chi connectivity index (χ0) is 23.4. The Morgan fingerprint density at radius 3 is 2.52 bits per heavy atom. The Morgan fingerprint density at radius 2 is 1.85 bits per heavy atom. The van der Waals surface area contributed by atoms with Crippen LogP contribution in [-0.4, -0.2) is 47.3 Å². The Morgan fingerprint density at radius 1 is 1.12 bits per heavy atom. The van der Waals surface area contributed by atoms with E-state index in [1.54, 1.807) is 12.3 Å². The largest absolute Gasteiger partial charge is 0.383 e. The standard InChI is InChI=1S/C25H31N5O3/c1-25(2,3)21-14-22(29-33-21)28-23(31)12-17-4-6-18(7-5-17)19-13-20(24(26)27-15-19)16-30-8-10-32-11-9-30/h4-7,13-15H,8-12,16H2,1-3H3,(H2,26,27)(H,28,29,31). The fourth-order valence-corrected chi connectivity index (χ4v) is 3.68. The predicted molar refractivity (Wildman–Crippen MR) is 128 cm³/mol. The molecule has 1 saturated heterocycles. The predicted octanol–water partition coefficient (Wildman–Crippen LogP) is 3.63. The molecule has 0 unspecified atom stereocenters.